The summed E-state index contributed by atoms with van der Waals surface area (Å²) >= 11 is 0. The molecule has 0 aromatic heterocycles. The topological polar surface area (TPSA) is 76.7 Å². The fraction of sp³-hybridized carbons (Fsp3) is 0.263. The highest BCUT2D eigenvalue weighted by molar-refractivity contribution is 6.04. The summed E-state index contributed by atoms with van der Waals surface area (Å²) in [5, 5.41) is 2.42. The van der Waals surface area contributed by atoms with E-state index in [1.54, 1.807) is 0 Å². The third-order valence-electron chi connectivity index (χ3n) is 5.84. The molecular formula is C19H14F3N3O2. The van der Waals surface area contributed by atoms with E-state index in [4.69, 9.17) is 10.5 Å². The van der Waals surface area contributed by atoms with Crippen molar-refractivity contribution in [3.05, 3.63) is 65.0 Å². The first kappa shape index (κ1) is 16.2. The smallest absolute Gasteiger partial charge is 0.282 e. The average molecular weight is 373 g/mol. The second-order valence-corrected chi connectivity index (χ2v) is 7.16. The molecule has 2 saturated carbocycles. The van der Waals surface area contributed by atoms with Gasteiger partial charge in [0.05, 0.1) is 0 Å². The van der Waals surface area contributed by atoms with E-state index in [9.17, 15) is 18.0 Å². The Labute approximate surface area is 152 Å². The van der Waals surface area contributed by atoms with E-state index in [1.807, 2.05) is 0 Å². The van der Waals surface area contributed by atoms with Crippen molar-refractivity contribution in [3.63, 3.8) is 0 Å². The van der Waals surface area contributed by atoms with Gasteiger partial charge < -0.3 is 15.8 Å². The van der Waals surface area contributed by atoms with E-state index >= 15 is 0 Å². The SMILES string of the molecule is NC1=N[C@@]2(c3cc(NC(=O)c4c(F)cccc4F)ccc3F)C3CC32CO1. The van der Waals surface area contributed by atoms with Gasteiger partial charge in [-0.2, -0.15) is 0 Å². The Balaban J connectivity index is 1.49. The number of amidine groups is 1. The Kier molecular flexibility index (Phi) is 3.01. The lowest BCUT2D eigenvalue weighted by Gasteiger charge is -2.29. The van der Waals surface area contributed by atoms with Crippen LogP contribution >= 0.6 is 0 Å². The zero-order valence-electron chi connectivity index (χ0n) is 13.9. The molecule has 0 bridgehead atoms. The van der Waals surface area contributed by atoms with Crippen molar-refractivity contribution >= 4 is 17.6 Å². The number of nitrogens with two attached hydrogens (primary N) is 1. The zero-order valence-corrected chi connectivity index (χ0v) is 13.9. The minimum atomic E-state index is -0.974. The lowest BCUT2D eigenvalue weighted by Crippen LogP contribution is -2.35. The number of carbonyl (C=O) groups is 1. The first-order valence-electron chi connectivity index (χ1n) is 8.42. The molecule has 2 unspecified atom stereocenters. The van der Waals surface area contributed by atoms with Gasteiger partial charge in [0.15, 0.2) is 0 Å². The number of halogens is 3. The van der Waals surface area contributed by atoms with Crippen LogP contribution in [0.2, 0.25) is 0 Å². The summed E-state index contributed by atoms with van der Waals surface area (Å²) < 4.78 is 47.4. The molecule has 1 spiro atoms. The number of hydrogen-bond acceptors (Lipinski definition) is 4. The first-order valence-corrected chi connectivity index (χ1v) is 8.42. The van der Waals surface area contributed by atoms with E-state index < -0.39 is 34.5 Å². The molecule has 1 aliphatic heterocycles. The fourth-order valence-electron chi connectivity index (χ4n) is 4.33. The van der Waals surface area contributed by atoms with Gasteiger partial charge in [-0.1, -0.05) is 6.07 Å². The van der Waals surface area contributed by atoms with Crippen LogP contribution in [-0.2, 0) is 10.3 Å². The van der Waals surface area contributed by atoms with Gasteiger partial charge in [-0.25, -0.2) is 18.2 Å². The third kappa shape index (κ3) is 2.01. The minimum absolute atomic E-state index is 0.00934. The van der Waals surface area contributed by atoms with Gasteiger partial charge in [-0.3, -0.25) is 4.79 Å². The van der Waals surface area contributed by atoms with Crippen LogP contribution in [0.4, 0.5) is 18.9 Å². The Morgan fingerprint density at radius 3 is 2.63 bits per heavy atom. The quantitative estimate of drug-likeness (QED) is 0.869. The number of fused-ring (bicyclic) bond motifs is 1. The van der Waals surface area contributed by atoms with E-state index in [2.05, 4.69) is 10.3 Å². The number of amides is 1. The molecule has 8 heteroatoms. The number of rotatable bonds is 3. The molecule has 27 heavy (non-hydrogen) atoms. The largest absolute Gasteiger partial charge is 0.465 e. The van der Waals surface area contributed by atoms with Crippen molar-refractivity contribution in [1.29, 1.82) is 0 Å². The van der Waals surface area contributed by atoms with Gasteiger partial charge in [-0.05, 0) is 36.8 Å². The molecule has 3 aliphatic rings. The Bertz CT molecular complexity index is 1020. The molecule has 5 rings (SSSR count). The number of nitrogens with one attached hydrogen (secondary N) is 1. The predicted molar refractivity (Wildman–Crippen MR) is 90.5 cm³/mol. The van der Waals surface area contributed by atoms with E-state index in [0.717, 1.165) is 18.6 Å². The molecule has 2 aliphatic carbocycles. The molecule has 1 amide bonds. The van der Waals surface area contributed by atoms with Gasteiger partial charge in [0.1, 0.15) is 35.2 Å². The van der Waals surface area contributed by atoms with Crippen LogP contribution < -0.4 is 11.1 Å². The molecule has 2 aromatic carbocycles. The van der Waals surface area contributed by atoms with Crippen molar-refractivity contribution in [3.8, 4) is 0 Å². The maximum atomic E-state index is 14.5. The standard InChI is InChI=1S/C19H14F3N3O2/c20-11-5-4-9(24-16(26)15-12(21)2-1-3-13(15)22)6-10(11)19-14-7-18(14,19)8-27-17(23)25-19/h1-6,14H,7-8H2,(H2,23,25)(H,24,26)/t14?,18?,19-/m0/s1. The van der Waals surface area contributed by atoms with Crippen LogP contribution in [0.5, 0.6) is 0 Å². The van der Waals surface area contributed by atoms with Gasteiger partial charge in [0.25, 0.3) is 11.9 Å². The van der Waals surface area contributed by atoms with Crippen LogP contribution in [0.25, 0.3) is 0 Å². The van der Waals surface area contributed by atoms with Gasteiger partial charge >= 0.3 is 0 Å². The van der Waals surface area contributed by atoms with Gasteiger partial charge in [-0.15, -0.1) is 0 Å². The van der Waals surface area contributed by atoms with Crippen molar-refractivity contribution in [2.75, 3.05) is 11.9 Å². The van der Waals surface area contributed by atoms with Crippen molar-refractivity contribution < 1.29 is 22.7 Å². The molecular weight excluding hydrogens is 359 g/mol. The summed E-state index contributed by atoms with van der Waals surface area (Å²) in [6.07, 6.45) is 0.875. The summed E-state index contributed by atoms with van der Waals surface area (Å²) in [6, 6.07) is 7.14. The van der Waals surface area contributed by atoms with E-state index in [0.29, 0.717) is 12.2 Å². The summed E-state index contributed by atoms with van der Waals surface area (Å²) in [5.41, 5.74) is 4.50. The summed E-state index contributed by atoms with van der Waals surface area (Å²) in [4.78, 5) is 16.6. The maximum absolute atomic E-state index is 14.5. The number of nitrogens with zero attached hydrogens (tertiary/aromatic N) is 1. The van der Waals surface area contributed by atoms with Crippen LogP contribution in [0, 0.1) is 28.8 Å². The van der Waals surface area contributed by atoms with Crippen LogP contribution in [0.15, 0.2) is 41.4 Å². The third-order valence-corrected chi connectivity index (χ3v) is 5.84. The first-order chi connectivity index (χ1) is 12.9. The van der Waals surface area contributed by atoms with Gasteiger partial charge in [0.2, 0.25) is 0 Å². The predicted octanol–water partition coefficient (Wildman–Crippen LogP) is 2.92. The molecule has 3 atom stereocenters. The number of aliphatic imine (C=N–C) groups is 1. The molecule has 138 valence electrons. The minimum Gasteiger partial charge on any atom is -0.465 e. The van der Waals surface area contributed by atoms with E-state index in [-0.39, 0.29) is 23.0 Å². The van der Waals surface area contributed by atoms with Crippen LogP contribution in [0.3, 0.4) is 0 Å². The number of anilines is 1. The Morgan fingerprint density at radius 2 is 1.93 bits per heavy atom. The number of benzene rings is 2. The lowest BCUT2D eigenvalue weighted by molar-refractivity contribution is 0.101. The highest BCUT2D eigenvalue weighted by Crippen LogP contribution is 2.89. The molecule has 5 nitrogen and oxygen atoms in total. The average Bonchev–Trinajstić information content (AvgIpc) is 3.48. The summed E-state index contributed by atoms with van der Waals surface area (Å²) in [6.45, 7) is 0.378. The Hall–Kier alpha value is -3.03. The molecule has 3 N–H and O–H groups in total. The second-order valence-electron chi connectivity index (χ2n) is 7.16. The number of carbonyl (C=O) groups excluding carboxylic acids is 1. The van der Waals surface area contributed by atoms with Gasteiger partial charge in [0, 0.05) is 22.6 Å². The van der Waals surface area contributed by atoms with Crippen molar-refractivity contribution in [1.82, 2.24) is 0 Å². The van der Waals surface area contributed by atoms with Crippen LogP contribution in [0.1, 0.15) is 22.3 Å². The molecule has 0 saturated heterocycles. The maximum Gasteiger partial charge on any atom is 0.282 e. The van der Waals surface area contributed by atoms with Crippen molar-refractivity contribution in [2.45, 2.75) is 12.0 Å². The van der Waals surface area contributed by atoms with Crippen LogP contribution in [-0.4, -0.2) is 18.5 Å². The zero-order chi connectivity index (χ0) is 19.0. The van der Waals surface area contributed by atoms with E-state index in [1.165, 1.54) is 24.3 Å². The normalized spacial score (nSPS) is 29.7. The lowest BCUT2D eigenvalue weighted by atomic mass is 9.88. The highest BCUT2D eigenvalue weighted by atomic mass is 19.1. The molecule has 0 radical (unpaired) electrons. The summed E-state index contributed by atoms with van der Waals surface area (Å²) in [5.74, 6) is -3.23. The fourth-order valence-corrected chi connectivity index (χ4v) is 4.33. The number of hydrogen-bond donors (Lipinski definition) is 2. The van der Waals surface area contributed by atoms with Crippen molar-refractivity contribution in [2.24, 2.45) is 22.1 Å². The molecule has 2 fully saturated rings. The Morgan fingerprint density at radius 1 is 1.19 bits per heavy atom. The summed E-state index contributed by atoms with van der Waals surface area (Å²) in [7, 11) is 0. The monoisotopic (exact) mass is 373 g/mol. The molecule has 2 aromatic rings. The molecule has 1 heterocycles. The highest BCUT2D eigenvalue weighted by Gasteiger charge is 2.92. The number of ether oxygens (including phenoxy) is 1. The second kappa shape index (κ2) is 5.03.